The van der Waals surface area contributed by atoms with Gasteiger partial charge < -0.3 is 5.32 Å². The Kier molecular flexibility index (Phi) is 5.26. The number of nitrogens with one attached hydrogen (secondary N) is 1. The van der Waals surface area contributed by atoms with Gasteiger partial charge in [0.2, 0.25) is 0 Å². The van der Waals surface area contributed by atoms with Gasteiger partial charge in [-0.2, -0.15) is 0 Å². The molecule has 1 N–H and O–H groups in total. The third-order valence-corrected chi connectivity index (χ3v) is 4.49. The molecule has 1 aliphatic heterocycles. The number of hydrogen-bond donors (Lipinski definition) is 1. The summed E-state index contributed by atoms with van der Waals surface area (Å²) in [6.07, 6.45) is 0. The quantitative estimate of drug-likeness (QED) is 0.469. The van der Waals surface area contributed by atoms with Crippen molar-refractivity contribution in [3.05, 3.63) is 75.5 Å². The second-order valence-electron chi connectivity index (χ2n) is 7.11. The smallest absolute Gasteiger partial charge is 0.278 e. The van der Waals surface area contributed by atoms with Crippen LogP contribution >= 0.6 is 0 Å². The highest BCUT2D eigenvalue weighted by Gasteiger charge is 2.39. The highest BCUT2D eigenvalue weighted by Crippen LogP contribution is 2.32. The fourth-order valence-electron chi connectivity index (χ4n) is 3.09. The summed E-state index contributed by atoms with van der Waals surface area (Å²) in [5.74, 6) is -0.678. The van der Waals surface area contributed by atoms with Crippen LogP contribution in [0, 0.1) is 23.0 Å². The molecule has 0 atom stereocenters. The summed E-state index contributed by atoms with van der Waals surface area (Å²) in [5.41, 5.74) is 2.46. The summed E-state index contributed by atoms with van der Waals surface area (Å²) in [6.45, 7) is 6.06. The molecule has 3 rings (SSSR count). The average Bonchev–Trinajstić information content (AvgIpc) is 2.87. The van der Waals surface area contributed by atoms with Crippen LogP contribution in [0.15, 0.2) is 54.2 Å². The predicted molar refractivity (Wildman–Crippen MR) is 106 cm³/mol. The Morgan fingerprint density at radius 3 is 2.25 bits per heavy atom. The minimum absolute atomic E-state index is 0.0754. The van der Waals surface area contributed by atoms with E-state index in [2.05, 4.69) is 5.32 Å². The number of para-hydroxylation sites is 1. The Balaban J connectivity index is 2.08. The van der Waals surface area contributed by atoms with Gasteiger partial charge in [0.15, 0.2) is 0 Å². The van der Waals surface area contributed by atoms with E-state index < -0.39 is 16.7 Å². The summed E-state index contributed by atoms with van der Waals surface area (Å²) in [7, 11) is 0. The lowest BCUT2D eigenvalue weighted by molar-refractivity contribution is -0.384. The summed E-state index contributed by atoms with van der Waals surface area (Å²) in [6, 6.07) is 13.1. The van der Waals surface area contributed by atoms with Gasteiger partial charge in [-0.25, -0.2) is 0 Å². The summed E-state index contributed by atoms with van der Waals surface area (Å²) in [4.78, 5) is 37.7. The molecule has 0 aliphatic carbocycles. The molecule has 0 saturated carbocycles. The van der Waals surface area contributed by atoms with Crippen molar-refractivity contribution in [2.24, 2.45) is 5.92 Å². The first-order chi connectivity index (χ1) is 13.3. The molecule has 0 fully saturated rings. The van der Waals surface area contributed by atoms with E-state index >= 15 is 0 Å². The van der Waals surface area contributed by atoms with Gasteiger partial charge in [-0.05, 0) is 42.2 Å². The van der Waals surface area contributed by atoms with E-state index in [9.17, 15) is 19.7 Å². The van der Waals surface area contributed by atoms with E-state index in [4.69, 9.17) is 0 Å². The number of nitro groups is 1. The van der Waals surface area contributed by atoms with Gasteiger partial charge >= 0.3 is 0 Å². The number of benzene rings is 2. The molecule has 7 heteroatoms. The van der Waals surface area contributed by atoms with E-state index in [1.54, 1.807) is 0 Å². The average molecular weight is 379 g/mol. The lowest BCUT2D eigenvalue weighted by Gasteiger charge is -2.17. The van der Waals surface area contributed by atoms with Crippen molar-refractivity contribution in [1.29, 1.82) is 0 Å². The number of aryl methyl sites for hydroxylation is 1. The van der Waals surface area contributed by atoms with E-state index in [1.807, 2.05) is 45.0 Å². The topological polar surface area (TPSA) is 92.6 Å². The van der Waals surface area contributed by atoms with Gasteiger partial charge in [0.25, 0.3) is 17.5 Å². The van der Waals surface area contributed by atoms with Gasteiger partial charge in [-0.15, -0.1) is 0 Å². The minimum atomic E-state index is -0.503. The molecule has 2 amide bonds. The first-order valence-corrected chi connectivity index (χ1v) is 8.97. The maximum atomic E-state index is 13.0. The highest BCUT2D eigenvalue weighted by atomic mass is 16.6. The van der Waals surface area contributed by atoms with Crippen LogP contribution in [0.5, 0.6) is 0 Å². The molecule has 0 unspecified atom stereocenters. The fourth-order valence-corrected chi connectivity index (χ4v) is 3.09. The molecular weight excluding hydrogens is 358 g/mol. The molecule has 0 aromatic heterocycles. The fraction of sp³-hybridized carbons (Fsp3) is 0.238. The first-order valence-electron chi connectivity index (χ1n) is 8.97. The predicted octanol–water partition coefficient (Wildman–Crippen LogP) is 3.75. The lowest BCUT2D eigenvalue weighted by Crippen LogP contribution is -2.35. The number of non-ortho nitro benzene ring substituents is 1. The molecule has 7 nitrogen and oxygen atoms in total. The van der Waals surface area contributed by atoms with Crippen molar-refractivity contribution < 1.29 is 14.5 Å². The number of nitrogens with zero attached hydrogens (tertiary/aromatic N) is 2. The van der Waals surface area contributed by atoms with Gasteiger partial charge in [0, 0.05) is 24.4 Å². The van der Waals surface area contributed by atoms with Crippen molar-refractivity contribution in [1.82, 2.24) is 4.90 Å². The Morgan fingerprint density at radius 2 is 1.68 bits per heavy atom. The Bertz CT molecular complexity index is 977. The molecule has 2 aromatic rings. The number of amides is 2. The molecule has 0 radical (unpaired) electrons. The number of carbonyl (C=O) groups excluding carboxylic acids is 2. The zero-order valence-electron chi connectivity index (χ0n) is 15.9. The van der Waals surface area contributed by atoms with Gasteiger partial charge in [-0.3, -0.25) is 24.6 Å². The molecule has 2 aromatic carbocycles. The number of rotatable bonds is 6. The molecule has 28 heavy (non-hydrogen) atoms. The zero-order valence-corrected chi connectivity index (χ0v) is 15.9. The second-order valence-corrected chi connectivity index (χ2v) is 7.11. The van der Waals surface area contributed by atoms with Gasteiger partial charge in [-0.1, -0.05) is 32.0 Å². The van der Waals surface area contributed by atoms with Crippen LogP contribution in [0.1, 0.15) is 25.0 Å². The third kappa shape index (κ3) is 3.64. The molecule has 0 bridgehead atoms. The number of hydrogen-bond acceptors (Lipinski definition) is 5. The van der Waals surface area contributed by atoms with E-state index in [0.717, 1.165) is 11.3 Å². The summed E-state index contributed by atoms with van der Waals surface area (Å²) in [5, 5.41) is 14.0. The van der Waals surface area contributed by atoms with E-state index in [-0.39, 0.29) is 22.9 Å². The first kappa shape index (κ1) is 19.3. The lowest BCUT2D eigenvalue weighted by atomic mass is 10.0. The second kappa shape index (κ2) is 7.64. The van der Waals surface area contributed by atoms with Gasteiger partial charge in [0.1, 0.15) is 5.70 Å². The third-order valence-electron chi connectivity index (χ3n) is 4.49. The Labute approximate surface area is 162 Å². The monoisotopic (exact) mass is 379 g/mol. The number of anilines is 1. The number of imide groups is 1. The zero-order chi connectivity index (χ0) is 20.4. The van der Waals surface area contributed by atoms with Crippen LogP contribution in [-0.4, -0.2) is 28.2 Å². The number of nitro benzene ring substituents is 1. The molecule has 1 heterocycles. The van der Waals surface area contributed by atoms with Crippen LogP contribution in [0.3, 0.4) is 0 Å². The largest absolute Gasteiger partial charge is 0.350 e. The van der Waals surface area contributed by atoms with Crippen molar-refractivity contribution in [2.45, 2.75) is 20.8 Å². The molecule has 144 valence electrons. The maximum Gasteiger partial charge on any atom is 0.278 e. The number of carbonyl (C=O) groups is 2. The molecule has 1 aliphatic rings. The minimum Gasteiger partial charge on any atom is -0.350 e. The van der Waals surface area contributed by atoms with Crippen molar-refractivity contribution in [2.75, 3.05) is 11.9 Å². The van der Waals surface area contributed by atoms with E-state index in [0.29, 0.717) is 12.1 Å². The van der Waals surface area contributed by atoms with Crippen molar-refractivity contribution >= 4 is 28.8 Å². The summed E-state index contributed by atoms with van der Waals surface area (Å²) < 4.78 is 0. The Morgan fingerprint density at radius 1 is 1.04 bits per heavy atom. The Hall–Kier alpha value is -3.48. The van der Waals surface area contributed by atoms with Crippen molar-refractivity contribution in [3.8, 4) is 0 Å². The molecule has 0 spiro atoms. The van der Waals surface area contributed by atoms with Crippen LogP contribution in [-0.2, 0) is 9.59 Å². The highest BCUT2D eigenvalue weighted by molar-refractivity contribution is 6.36. The molecule has 0 saturated heterocycles. The normalized spacial score (nSPS) is 14.2. The summed E-state index contributed by atoms with van der Waals surface area (Å²) >= 11 is 0. The SMILES string of the molecule is Cc1ccccc1NC1=C(c2ccc([N+](=O)[O-])cc2)C(=O)N(CC(C)C)C1=O. The van der Waals surface area contributed by atoms with E-state index in [1.165, 1.54) is 29.2 Å². The van der Waals surface area contributed by atoms with Gasteiger partial charge in [0.05, 0.1) is 10.5 Å². The molecular formula is C21H21N3O4. The standard InChI is InChI=1S/C21H21N3O4/c1-13(2)12-23-20(25)18(15-8-10-16(11-9-15)24(27)28)19(21(23)26)22-17-7-5-4-6-14(17)3/h4-11,13,22H,12H2,1-3H3. The maximum absolute atomic E-state index is 13.0. The van der Waals surface area contributed by atoms with Crippen LogP contribution in [0.25, 0.3) is 5.57 Å². The van der Waals surface area contributed by atoms with Crippen molar-refractivity contribution in [3.63, 3.8) is 0 Å². The van der Waals surface area contributed by atoms with Crippen LogP contribution in [0.2, 0.25) is 0 Å². The van der Waals surface area contributed by atoms with Crippen LogP contribution in [0.4, 0.5) is 11.4 Å². The van der Waals surface area contributed by atoms with Crippen LogP contribution < -0.4 is 5.32 Å².